The summed E-state index contributed by atoms with van der Waals surface area (Å²) in [6.45, 7) is 4.00. The molecule has 0 bridgehead atoms. The van der Waals surface area contributed by atoms with Gasteiger partial charge >= 0.3 is 0 Å². The Morgan fingerprint density at radius 1 is 1.03 bits per heavy atom. The van der Waals surface area contributed by atoms with Crippen LogP contribution < -0.4 is 10.2 Å². The summed E-state index contributed by atoms with van der Waals surface area (Å²) in [6.07, 6.45) is 3.37. The molecule has 0 saturated heterocycles. The Kier molecular flexibility index (Phi) is 8.37. The number of hydrogen-bond donors (Lipinski definition) is 1. The van der Waals surface area contributed by atoms with Crippen LogP contribution in [0.25, 0.3) is 0 Å². The predicted octanol–water partition coefficient (Wildman–Crippen LogP) is 3.31. The van der Waals surface area contributed by atoms with Crippen LogP contribution in [0.15, 0.2) is 60.0 Å². The van der Waals surface area contributed by atoms with E-state index in [-0.39, 0.29) is 30.7 Å². The first-order valence-electron chi connectivity index (χ1n) is 10.5. The smallest absolute Gasteiger partial charge is 0.244 e. The van der Waals surface area contributed by atoms with Crippen LogP contribution in [0.5, 0.6) is 0 Å². The van der Waals surface area contributed by atoms with Gasteiger partial charge in [-0.2, -0.15) is 0 Å². The second kappa shape index (κ2) is 11.4. The maximum Gasteiger partial charge on any atom is 0.244 e. The molecule has 0 aliphatic heterocycles. The number of hydrogen-bond acceptors (Lipinski definition) is 7. The first-order chi connectivity index (χ1) is 15.8. The largest absolute Gasteiger partial charge is 0.378 e. The lowest BCUT2D eigenvalue weighted by molar-refractivity contribution is -0.132. The third kappa shape index (κ3) is 7.57. The second-order valence-electron chi connectivity index (χ2n) is 7.82. The van der Waals surface area contributed by atoms with Crippen LogP contribution in [-0.2, 0) is 16.1 Å². The minimum atomic E-state index is -0.266. The van der Waals surface area contributed by atoms with Crippen molar-refractivity contribution in [3.63, 3.8) is 0 Å². The molecule has 0 atom stereocenters. The summed E-state index contributed by atoms with van der Waals surface area (Å²) < 4.78 is 0. The molecule has 2 amide bonds. The van der Waals surface area contributed by atoms with E-state index in [9.17, 15) is 9.59 Å². The Morgan fingerprint density at radius 2 is 1.73 bits per heavy atom. The van der Waals surface area contributed by atoms with Crippen LogP contribution in [0.3, 0.4) is 0 Å². The summed E-state index contributed by atoms with van der Waals surface area (Å²) >= 11 is 1.27. The molecule has 33 heavy (non-hydrogen) atoms. The summed E-state index contributed by atoms with van der Waals surface area (Å²) in [7, 11) is 3.91. The Bertz CT molecular complexity index is 1070. The number of anilines is 2. The van der Waals surface area contributed by atoms with E-state index in [0.29, 0.717) is 10.8 Å². The van der Waals surface area contributed by atoms with Crippen molar-refractivity contribution in [1.29, 1.82) is 0 Å². The van der Waals surface area contributed by atoms with Crippen LogP contribution in [0, 0.1) is 13.8 Å². The number of nitrogens with one attached hydrogen (secondary N) is 1. The summed E-state index contributed by atoms with van der Waals surface area (Å²) in [5.41, 5.74) is 4.26. The summed E-state index contributed by atoms with van der Waals surface area (Å²) in [5, 5.41) is 3.42. The molecule has 2 heterocycles. The Morgan fingerprint density at radius 3 is 2.33 bits per heavy atom. The number of aromatic nitrogens is 3. The average molecular weight is 465 g/mol. The third-order valence-electron chi connectivity index (χ3n) is 4.74. The maximum absolute atomic E-state index is 13.0. The van der Waals surface area contributed by atoms with Gasteiger partial charge in [0.2, 0.25) is 11.8 Å². The lowest BCUT2D eigenvalue weighted by atomic mass is 10.2. The number of nitrogens with zero attached hydrogens (tertiary/aromatic N) is 5. The molecule has 0 aliphatic rings. The summed E-state index contributed by atoms with van der Waals surface area (Å²) in [4.78, 5) is 42.1. The zero-order valence-corrected chi connectivity index (χ0v) is 20.1. The fourth-order valence-electron chi connectivity index (χ4n) is 3.14. The van der Waals surface area contributed by atoms with Gasteiger partial charge in [0.05, 0.1) is 5.75 Å². The molecule has 0 saturated carbocycles. The summed E-state index contributed by atoms with van der Waals surface area (Å²) in [5.74, 6) is -0.309. The van der Waals surface area contributed by atoms with Gasteiger partial charge < -0.3 is 15.1 Å². The number of benzene rings is 1. The Balaban J connectivity index is 1.67. The lowest BCUT2D eigenvalue weighted by Crippen LogP contribution is -2.38. The number of rotatable bonds is 9. The fraction of sp³-hybridized carbons (Fsp3) is 0.292. The van der Waals surface area contributed by atoms with E-state index in [1.807, 2.05) is 75.3 Å². The van der Waals surface area contributed by atoms with Crippen molar-refractivity contribution in [3.8, 4) is 0 Å². The van der Waals surface area contributed by atoms with Crippen LogP contribution in [0.4, 0.5) is 11.4 Å². The highest BCUT2D eigenvalue weighted by Gasteiger charge is 2.19. The zero-order valence-electron chi connectivity index (χ0n) is 19.3. The molecule has 1 N–H and O–H groups in total. The van der Waals surface area contributed by atoms with Gasteiger partial charge in [0, 0.05) is 55.8 Å². The number of amides is 2. The Labute approximate surface area is 198 Å². The highest BCUT2D eigenvalue weighted by molar-refractivity contribution is 7.99. The van der Waals surface area contributed by atoms with Gasteiger partial charge in [0.15, 0.2) is 5.16 Å². The minimum absolute atomic E-state index is 0.0720. The van der Waals surface area contributed by atoms with Gasteiger partial charge in [-0.15, -0.1) is 0 Å². The molecule has 8 nitrogen and oxygen atoms in total. The second-order valence-corrected chi connectivity index (χ2v) is 8.77. The van der Waals surface area contributed by atoms with E-state index in [4.69, 9.17) is 0 Å². The molecule has 2 aromatic heterocycles. The lowest BCUT2D eigenvalue weighted by Gasteiger charge is -2.22. The molecule has 0 spiro atoms. The first-order valence-corrected chi connectivity index (χ1v) is 11.5. The predicted molar refractivity (Wildman–Crippen MR) is 131 cm³/mol. The van der Waals surface area contributed by atoms with Crippen LogP contribution in [0.2, 0.25) is 0 Å². The van der Waals surface area contributed by atoms with Crippen molar-refractivity contribution in [3.05, 3.63) is 71.8 Å². The minimum Gasteiger partial charge on any atom is -0.378 e. The number of carbonyl (C=O) groups is 2. The highest BCUT2D eigenvalue weighted by atomic mass is 32.2. The van der Waals surface area contributed by atoms with E-state index < -0.39 is 0 Å². The number of carbonyl (C=O) groups excluding carboxylic acids is 2. The fourth-order valence-corrected chi connectivity index (χ4v) is 3.99. The van der Waals surface area contributed by atoms with E-state index >= 15 is 0 Å². The molecule has 0 fully saturated rings. The van der Waals surface area contributed by atoms with Gasteiger partial charge in [0.25, 0.3) is 0 Å². The van der Waals surface area contributed by atoms with E-state index in [1.54, 1.807) is 12.4 Å². The van der Waals surface area contributed by atoms with Gasteiger partial charge in [-0.1, -0.05) is 17.8 Å². The monoisotopic (exact) mass is 464 g/mol. The molecule has 0 aliphatic carbocycles. The molecule has 9 heteroatoms. The van der Waals surface area contributed by atoms with Gasteiger partial charge in [-0.05, 0) is 55.8 Å². The SMILES string of the molecule is Cc1cc(C)nc(SCC(=O)N(CC(=O)Nc2ccc(N(C)C)cc2)Cc2cccnc2)n1. The number of aryl methyl sites for hydroxylation is 2. The highest BCUT2D eigenvalue weighted by Crippen LogP contribution is 2.17. The van der Waals surface area contributed by atoms with Crippen LogP contribution >= 0.6 is 11.8 Å². The van der Waals surface area contributed by atoms with Crippen LogP contribution in [-0.4, -0.2) is 58.1 Å². The number of pyridine rings is 1. The molecule has 172 valence electrons. The molecule has 3 rings (SSSR count). The molecular weight excluding hydrogens is 436 g/mol. The Hall–Kier alpha value is -3.46. The topological polar surface area (TPSA) is 91.3 Å². The van der Waals surface area contributed by atoms with Crippen molar-refractivity contribution < 1.29 is 9.59 Å². The van der Waals surface area contributed by atoms with Crippen molar-refractivity contribution in [2.24, 2.45) is 0 Å². The molecular formula is C24H28N6O2S. The van der Waals surface area contributed by atoms with Gasteiger partial charge in [0.1, 0.15) is 6.54 Å². The van der Waals surface area contributed by atoms with E-state index in [1.165, 1.54) is 16.7 Å². The van der Waals surface area contributed by atoms with Crippen molar-refractivity contribution >= 4 is 35.0 Å². The molecule has 3 aromatic rings. The normalized spacial score (nSPS) is 10.5. The first kappa shape index (κ1) is 24.2. The number of thioether (sulfide) groups is 1. The maximum atomic E-state index is 13.0. The molecule has 1 aromatic carbocycles. The summed E-state index contributed by atoms with van der Waals surface area (Å²) in [6, 6.07) is 13.1. The van der Waals surface area contributed by atoms with E-state index in [0.717, 1.165) is 22.6 Å². The standard InChI is InChI=1S/C24H28N6O2S/c1-17-12-18(2)27-24(26-17)33-16-23(32)30(14-19-6-5-11-25-13-19)15-22(31)28-20-7-9-21(10-8-20)29(3)4/h5-13H,14-16H2,1-4H3,(H,28,31). The zero-order chi connectivity index (χ0) is 23.8. The van der Waals surface area contributed by atoms with Gasteiger partial charge in [-0.3, -0.25) is 14.6 Å². The van der Waals surface area contributed by atoms with Crippen molar-refractivity contribution in [2.45, 2.75) is 25.5 Å². The van der Waals surface area contributed by atoms with Crippen LogP contribution in [0.1, 0.15) is 17.0 Å². The molecule has 0 radical (unpaired) electrons. The van der Waals surface area contributed by atoms with Gasteiger partial charge in [-0.25, -0.2) is 9.97 Å². The van der Waals surface area contributed by atoms with E-state index in [2.05, 4.69) is 20.3 Å². The third-order valence-corrected chi connectivity index (χ3v) is 5.57. The van der Waals surface area contributed by atoms with Crippen molar-refractivity contribution in [2.75, 3.05) is 36.6 Å². The average Bonchev–Trinajstić information content (AvgIpc) is 2.77. The van der Waals surface area contributed by atoms with Crippen molar-refractivity contribution in [1.82, 2.24) is 19.9 Å². The quantitative estimate of drug-likeness (QED) is 0.384. The molecule has 0 unspecified atom stereocenters.